The molecule has 1 aromatic rings. The summed E-state index contributed by atoms with van der Waals surface area (Å²) in [5.41, 5.74) is 6.96. The van der Waals surface area contributed by atoms with Gasteiger partial charge in [-0.05, 0) is 26.2 Å². The van der Waals surface area contributed by atoms with Gasteiger partial charge in [-0.15, -0.1) is 11.3 Å². The summed E-state index contributed by atoms with van der Waals surface area (Å²) in [5, 5.41) is 3.12. The van der Waals surface area contributed by atoms with E-state index in [0.29, 0.717) is 12.5 Å². The average molecular weight is 270 g/mol. The molecule has 18 heavy (non-hydrogen) atoms. The van der Waals surface area contributed by atoms with E-state index in [-0.39, 0.29) is 11.6 Å². The molecule has 0 aromatic carbocycles. The fourth-order valence-corrected chi connectivity index (χ4v) is 2.91. The molecule has 104 valence electrons. The Labute approximate surface area is 115 Å². The maximum atomic E-state index is 6.22. The molecule has 0 aliphatic rings. The Morgan fingerprint density at radius 2 is 2.11 bits per heavy atom. The lowest BCUT2D eigenvalue weighted by atomic mass is 9.98. The second-order valence-corrected chi connectivity index (χ2v) is 5.86. The van der Waals surface area contributed by atoms with Crippen molar-refractivity contribution in [2.45, 2.75) is 59.1 Å². The van der Waals surface area contributed by atoms with Crippen LogP contribution in [0.3, 0.4) is 0 Å². The zero-order chi connectivity index (χ0) is 13.8. The lowest BCUT2D eigenvalue weighted by Crippen LogP contribution is -2.25. The second-order valence-electron chi connectivity index (χ2n) is 5.01. The van der Waals surface area contributed by atoms with Crippen LogP contribution in [0.4, 0.5) is 0 Å². The fraction of sp³-hybridized carbons (Fsp3) is 0.786. The summed E-state index contributed by atoms with van der Waals surface area (Å²) < 4.78 is 5.85. The maximum Gasteiger partial charge on any atom is 0.125 e. The van der Waals surface area contributed by atoms with E-state index in [4.69, 9.17) is 15.5 Å². The standard InChI is InChI=1S/C14H26N2OS/c1-6-10(4)12(15)11-9-18-13(16-11)14(5,7-2)17-8-3/h9-10,12H,6-8,15H2,1-5H3. The molecule has 0 saturated heterocycles. The van der Waals surface area contributed by atoms with Crippen LogP contribution < -0.4 is 5.73 Å². The minimum absolute atomic E-state index is 0.0303. The van der Waals surface area contributed by atoms with Crippen LogP contribution in [-0.2, 0) is 10.3 Å². The lowest BCUT2D eigenvalue weighted by Gasteiger charge is -2.25. The van der Waals surface area contributed by atoms with E-state index < -0.39 is 0 Å². The van der Waals surface area contributed by atoms with Gasteiger partial charge in [0.15, 0.2) is 0 Å². The summed E-state index contributed by atoms with van der Waals surface area (Å²) in [7, 11) is 0. The summed E-state index contributed by atoms with van der Waals surface area (Å²) in [6, 6.07) is 0.0303. The highest BCUT2D eigenvalue weighted by atomic mass is 32.1. The second kappa shape index (κ2) is 6.64. The van der Waals surface area contributed by atoms with Gasteiger partial charge < -0.3 is 10.5 Å². The van der Waals surface area contributed by atoms with Crippen molar-refractivity contribution in [3.63, 3.8) is 0 Å². The predicted molar refractivity (Wildman–Crippen MR) is 77.8 cm³/mol. The van der Waals surface area contributed by atoms with Crippen molar-refractivity contribution in [2.24, 2.45) is 11.7 Å². The van der Waals surface area contributed by atoms with E-state index in [2.05, 4.69) is 33.1 Å². The third-order valence-electron chi connectivity index (χ3n) is 3.71. The molecule has 1 aromatic heterocycles. The van der Waals surface area contributed by atoms with Gasteiger partial charge in [-0.25, -0.2) is 4.98 Å². The van der Waals surface area contributed by atoms with Crippen molar-refractivity contribution in [2.75, 3.05) is 6.61 Å². The number of thiazole rings is 1. The first-order valence-electron chi connectivity index (χ1n) is 6.83. The van der Waals surface area contributed by atoms with Crippen LogP contribution in [0.1, 0.15) is 64.2 Å². The van der Waals surface area contributed by atoms with Gasteiger partial charge in [-0.3, -0.25) is 0 Å². The van der Waals surface area contributed by atoms with E-state index in [1.165, 1.54) is 0 Å². The van der Waals surface area contributed by atoms with Crippen LogP contribution in [0.2, 0.25) is 0 Å². The van der Waals surface area contributed by atoms with Crippen molar-refractivity contribution >= 4 is 11.3 Å². The third-order valence-corrected chi connectivity index (χ3v) is 4.82. The van der Waals surface area contributed by atoms with Crippen molar-refractivity contribution in [1.82, 2.24) is 4.98 Å². The van der Waals surface area contributed by atoms with E-state index in [1.807, 2.05) is 6.92 Å². The van der Waals surface area contributed by atoms with E-state index in [0.717, 1.165) is 23.5 Å². The van der Waals surface area contributed by atoms with Crippen LogP contribution in [0.5, 0.6) is 0 Å². The minimum Gasteiger partial charge on any atom is -0.368 e. The van der Waals surface area contributed by atoms with Crippen LogP contribution in [-0.4, -0.2) is 11.6 Å². The smallest absolute Gasteiger partial charge is 0.125 e. The summed E-state index contributed by atoms with van der Waals surface area (Å²) in [6.45, 7) is 11.3. The fourth-order valence-electron chi connectivity index (χ4n) is 1.86. The largest absolute Gasteiger partial charge is 0.368 e. The molecule has 0 saturated carbocycles. The Morgan fingerprint density at radius 1 is 1.44 bits per heavy atom. The molecule has 1 rings (SSSR count). The molecule has 2 N–H and O–H groups in total. The lowest BCUT2D eigenvalue weighted by molar-refractivity contribution is -0.0325. The number of ether oxygens (including phenoxy) is 1. The van der Waals surface area contributed by atoms with E-state index >= 15 is 0 Å². The van der Waals surface area contributed by atoms with Crippen molar-refractivity contribution in [3.8, 4) is 0 Å². The van der Waals surface area contributed by atoms with Gasteiger partial charge in [0.2, 0.25) is 0 Å². The Hall–Kier alpha value is -0.450. The first kappa shape index (κ1) is 15.6. The summed E-state index contributed by atoms with van der Waals surface area (Å²) in [6.07, 6.45) is 2.00. The maximum absolute atomic E-state index is 6.22. The van der Waals surface area contributed by atoms with Gasteiger partial charge in [0.25, 0.3) is 0 Å². The van der Waals surface area contributed by atoms with Gasteiger partial charge >= 0.3 is 0 Å². The molecule has 0 aliphatic heterocycles. The molecule has 0 spiro atoms. The van der Waals surface area contributed by atoms with Gasteiger partial charge in [-0.2, -0.15) is 0 Å². The van der Waals surface area contributed by atoms with Crippen LogP contribution in [0.15, 0.2) is 5.38 Å². The van der Waals surface area contributed by atoms with Crippen LogP contribution in [0.25, 0.3) is 0 Å². The Kier molecular flexibility index (Phi) is 5.76. The highest BCUT2D eigenvalue weighted by Gasteiger charge is 2.29. The SMILES string of the molecule is CCOC(C)(CC)c1nc(C(N)C(C)CC)cs1. The quantitative estimate of drug-likeness (QED) is 0.818. The molecule has 3 atom stereocenters. The van der Waals surface area contributed by atoms with Crippen LogP contribution in [0, 0.1) is 5.92 Å². The Morgan fingerprint density at radius 3 is 2.61 bits per heavy atom. The number of aromatic nitrogens is 1. The van der Waals surface area contributed by atoms with Gasteiger partial charge in [0.1, 0.15) is 10.6 Å². The molecular formula is C14H26N2OS. The van der Waals surface area contributed by atoms with Crippen molar-refractivity contribution in [1.29, 1.82) is 0 Å². The number of rotatable bonds is 7. The number of hydrogen-bond acceptors (Lipinski definition) is 4. The molecule has 0 bridgehead atoms. The van der Waals surface area contributed by atoms with Crippen molar-refractivity contribution < 1.29 is 4.74 Å². The Bertz CT molecular complexity index is 366. The normalized spacial score (nSPS) is 18.3. The molecule has 0 amide bonds. The first-order chi connectivity index (χ1) is 8.48. The molecule has 3 nitrogen and oxygen atoms in total. The summed E-state index contributed by atoms with van der Waals surface area (Å²) >= 11 is 1.66. The Balaban J connectivity index is 2.91. The molecule has 0 radical (unpaired) electrons. The number of nitrogens with two attached hydrogens (primary N) is 1. The summed E-state index contributed by atoms with van der Waals surface area (Å²) in [4.78, 5) is 4.71. The predicted octanol–water partition coefficient (Wildman–Crippen LogP) is 3.85. The molecular weight excluding hydrogens is 244 g/mol. The van der Waals surface area contributed by atoms with E-state index in [9.17, 15) is 0 Å². The average Bonchev–Trinajstić information content (AvgIpc) is 2.87. The molecule has 3 unspecified atom stereocenters. The zero-order valence-electron chi connectivity index (χ0n) is 12.2. The topological polar surface area (TPSA) is 48.1 Å². The first-order valence-corrected chi connectivity index (χ1v) is 7.71. The molecule has 0 fully saturated rings. The monoisotopic (exact) mass is 270 g/mol. The highest BCUT2D eigenvalue weighted by Crippen LogP contribution is 2.33. The minimum atomic E-state index is -0.271. The molecule has 4 heteroatoms. The van der Waals surface area contributed by atoms with Crippen molar-refractivity contribution in [3.05, 3.63) is 16.1 Å². The van der Waals surface area contributed by atoms with Crippen LogP contribution >= 0.6 is 11.3 Å². The molecule has 1 heterocycles. The van der Waals surface area contributed by atoms with Gasteiger partial charge in [0.05, 0.1) is 11.7 Å². The zero-order valence-corrected chi connectivity index (χ0v) is 13.0. The summed E-state index contributed by atoms with van der Waals surface area (Å²) in [5.74, 6) is 0.458. The van der Waals surface area contributed by atoms with E-state index in [1.54, 1.807) is 11.3 Å². The highest BCUT2D eigenvalue weighted by molar-refractivity contribution is 7.09. The van der Waals surface area contributed by atoms with Gasteiger partial charge in [-0.1, -0.05) is 27.2 Å². The molecule has 0 aliphatic carbocycles. The third kappa shape index (κ3) is 3.31. The number of nitrogens with zero attached hydrogens (tertiary/aromatic N) is 1. The van der Waals surface area contributed by atoms with Gasteiger partial charge in [0, 0.05) is 12.0 Å². The number of hydrogen-bond donors (Lipinski definition) is 1.